The molecule has 0 amide bonds. The van der Waals surface area contributed by atoms with Gasteiger partial charge in [0.2, 0.25) is 0 Å². The molecule has 1 saturated heterocycles. The van der Waals surface area contributed by atoms with Crippen molar-refractivity contribution >= 4 is 13.6 Å². The second-order valence-electron chi connectivity index (χ2n) is 6.20. The molecule has 0 saturated carbocycles. The zero-order chi connectivity index (χ0) is 19.5. The number of ether oxygens (including phenoxy) is 2. The van der Waals surface area contributed by atoms with Crippen LogP contribution in [0.1, 0.15) is 38.5 Å². The van der Waals surface area contributed by atoms with Gasteiger partial charge in [0, 0.05) is 31.9 Å². The summed E-state index contributed by atoms with van der Waals surface area (Å²) in [6, 6.07) is 0. The number of aromatic nitrogens is 2. The largest absolute Gasteiger partial charge is 0.472 e. The summed E-state index contributed by atoms with van der Waals surface area (Å²) in [4.78, 5) is 25.6. The second kappa shape index (κ2) is 8.16. The molecule has 0 bridgehead atoms. The Kier molecular flexibility index (Phi) is 6.60. The van der Waals surface area contributed by atoms with Crippen molar-refractivity contribution in [2.24, 2.45) is 0 Å². The second-order valence-corrected chi connectivity index (χ2v) is 7.72. The molecule has 10 nitrogen and oxygen atoms in total. The van der Waals surface area contributed by atoms with Crippen LogP contribution in [-0.4, -0.2) is 46.5 Å². The minimum Gasteiger partial charge on any atom is -0.383 e. The third-order valence-electron chi connectivity index (χ3n) is 4.59. The summed E-state index contributed by atoms with van der Waals surface area (Å²) in [5.74, 6) is 0.164. The summed E-state index contributed by atoms with van der Waals surface area (Å²) >= 11 is 0. The Balaban J connectivity index is 2.30. The van der Waals surface area contributed by atoms with Gasteiger partial charge < -0.3 is 20.1 Å². The lowest BCUT2D eigenvalue weighted by molar-refractivity contribution is -0.214. The smallest absolute Gasteiger partial charge is 0.383 e. The van der Waals surface area contributed by atoms with Gasteiger partial charge >= 0.3 is 13.5 Å². The quantitative estimate of drug-likeness (QED) is 0.661. The van der Waals surface area contributed by atoms with Crippen LogP contribution in [-0.2, 0) is 23.1 Å². The summed E-state index contributed by atoms with van der Waals surface area (Å²) in [6.45, 7) is 5.78. The Morgan fingerprint density at radius 3 is 2.92 bits per heavy atom. The van der Waals surface area contributed by atoms with Crippen molar-refractivity contribution in [2.75, 3.05) is 26.1 Å². The van der Waals surface area contributed by atoms with Gasteiger partial charge in [0.15, 0.2) is 0 Å². The number of nitrogens with zero attached hydrogens (tertiary/aromatic N) is 2. The van der Waals surface area contributed by atoms with Crippen molar-refractivity contribution in [1.29, 1.82) is 0 Å². The molecule has 4 atom stereocenters. The van der Waals surface area contributed by atoms with Crippen molar-refractivity contribution in [3.63, 3.8) is 0 Å². The van der Waals surface area contributed by atoms with E-state index in [-0.39, 0.29) is 12.4 Å². The molecule has 0 aliphatic carbocycles. The van der Waals surface area contributed by atoms with E-state index in [1.807, 2.05) is 6.92 Å². The molecular formula is C15H26N3O7P. The van der Waals surface area contributed by atoms with Crippen LogP contribution >= 0.6 is 7.82 Å². The van der Waals surface area contributed by atoms with Crippen molar-refractivity contribution in [1.82, 2.24) is 9.55 Å². The lowest BCUT2D eigenvalue weighted by Gasteiger charge is -2.44. The van der Waals surface area contributed by atoms with Gasteiger partial charge in [-0.3, -0.25) is 13.6 Å². The summed E-state index contributed by atoms with van der Waals surface area (Å²) < 4.78 is 34.5. The van der Waals surface area contributed by atoms with Crippen molar-refractivity contribution < 1.29 is 28.0 Å². The molecule has 11 heteroatoms. The molecule has 0 radical (unpaired) electrons. The molecule has 2 rings (SSSR count). The van der Waals surface area contributed by atoms with Gasteiger partial charge in [-0.1, -0.05) is 6.92 Å². The molecule has 0 aromatic carbocycles. The normalized spacial score (nSPS) is 27.0. The molecule has 26 heavy (non-hydrogen) atoms. The Morgan fingerprint density at radius 1 is 1.62 bits per heavy atom. The molecule has 2 heterocycles. The number of nitrogen functional groups attached to an aromatic ring is 1. The average Bonchev–Trinajstić information content (AvgIpc) is 2.59. The van der Waals surface area contributed by atoms with Crippen LogP contribution in [0.2, 0.25) is 0 Å². The maximum atomic E-state index is 12.2. The van der Waals surface area contributed by atoms with Crippen LogP contribution in [0, 0.1) is 6.92 Å². The first-order valence-corrected chi connectivity index (χ1v) is 9.81. The molecule has 0 spiro atoms. The summed E-state index contributed by atoms with van der Waals surface area (Å²) in [5.41, 5.74) is 4.83. The highest BCUT2D eigenvalue weighted by Gasteiger charge is 2.46. The minimum atomic E-state index is -4.23. The molecule has 3 unspecified atom stereocenters. The molecule has 1 aliphatic heterocycles. The highest BCUT2D eigenvalue weighted by Crippen LogP contribution is 2.48. The zero-order valence-electron chi connectivity index (χ0n) is 15.4. The lowest BCUT2D eigenvalue weighted by atomic mass is 9.88. The van der Waals surface area contributed by atoms with Crippen LogP contribution in [0.4, 0.5) is 5.82 Å². The summed E-state index contributed by atoms with van der Waals surface area (Å²) in [7, 11) is -3.14. The molecule has 3 N–H and O–H groups in total. The first kappa shape index (κ1) is 21.0. The monoisotopic (exact) mass is 391 g/mol. The van der Waals surface area contributed by atoms with Gasteiger partial charge in [0.05, 0.1) is 6.61 Å². The first-order valence-electron chi connectivity index (χ1n) is 8.32. The predicted molar refractivity (Wildman–Crippen MR) is 93.6 cm³/mol. The predicted octanol–water partition coefficient (Wildman–Crippen LogP) is 1.37. The fourth-order valence-electron chi connectivity index (χ4n) is 2.94. The number of hydrogen-bond donors (Lipinski definition) is 2. The third kappa shape index (κ3) is 4.51. The van der Waals surface area contributed by atoms with E-state index < -0.39 is 31.4 Å². The van der Waals surface area contributed by atoms with E-state index in [0.29, 0.717) is 25.0 Å². The molecule has 148 valence electrons. The number of hydrogen-bond acceptors (Lipinski definition) is 8. The average molecular weight is 391 g/mol. The topological polar surface area (TPSA) is 135 Å². The first-order chi connectivity index (χ1) is 12.1. The highest BCUT2D eigenvalue weighted by atomic mass is 31.2. The van der Waals surface area contributed by atoms with E-state index in [0.717, 1.165) is 7.11 Å². The van der Waals surface area contributed by atoms with Crippen LogP contribution in [0.15, 0.2) is 11.0 Å². The third-order valence-corrected chi connectivity index (χ3v) is 5.57. The van der Waals surface area contributed by atoms with E-state index in [1.54, 1.807) is 20.0 Å². The van der Waals surface area contributed by atoms with Gasteiger partial charge in [-0.25, -0.2) is 9.36 Å². The van der Waals surface area contributed by atoms with E-state index in [2.05, 4.69) is 9.51 Å². The standard InChI is InChI=1S/C15H26N3O7P/c1-5-15(6-7-23-9-12(15)25-26(20,21)22-4)24-11(3)18-8-10(2)13(16)17-14(18)19/h8,11-12H,5-7,9H2,1-4H3,(H,20,21)(H2,16,17,19)/t11?,12?,15-/m0/s1. The van der Waals surface area contributed by atoms with E-state index in [1.165, 1.54) is 4.57 Å². The van der Waals surface area contributed by atoms with Crippen molar-refractivity contribution in [2.45, 2.75) is 51.5 Å². The number of anilines is 1. The SMILES string of the molecule is CC[C@]1(OC(C)n2cc(C)c(N)nc2=O)CCOCC1OP(=O)(O)OC. The maximum absolute atomic E-state index is 12.2. The molecule has 1 fully saturated rings. The summed E-state index contributed by atoms with van der Waals surface area (Å²) in [5, 5.41) is 0. The molecular weight excluding hydrogens is 365 g/mol. The number of phosphoric acid groups is 1. The fourth-order valence-corrected chi connectivity index (χ4v) is 3.60. The highest BCUT2D eigenvalue weighted by molar-refractivity contribution is 7.47. The zero-order valence-corrected chi connectivity index (χ0v) is 16.3. The van der Waals surface area contributed by atoms with Gasteiger partial charge in [0.25, 0.3) is 0 Å². The fraction of sp³-hybridized carbons (Fsp3) is 0.733. The van der Waals surface area contributed by atoms with Gasteiger partial charge in [-0.15, -0.1) is 0 Å². The Morgan fingerprint density at radius 2 is 2.31 bits per heavy atom. The molecule has 1 aliphatic rings. The minimum absolute atomic E-state index is 0.0718. The van der Waals surface area contributed by atoms with Crippen LogP contribution in [0.25, 0.3) is 0 Å². The number of aryl methyl sites for hydroxylation is 1. The van der Waals surface area contributed by atoms with Crippen LogP contribution < -0.4 is 11.4 Å². The van der Waals surface area contributed by atoms with Crippen LogP contribution in [0.5, 0.6) is 0 Å². The molecule has 1 aromatic heterocycles. The Bertz CT molecular complexity index is 740. The van der Waals surface area contributed by atoms with E-state index in [4.69, 9.17) is 19.7 Å². The molecule has 1 aromatic rings. The van der Waals surface area contributed by atoms with Gasteiger partial charge in [0.1, 0.15) is 23.8 Å². The van der Waals surface area contributed by atoms with Gasteiger partial charge in [-0.05, 0) is 20.3 Å². The van der Waals surface area contributed by atoms with E-state index >= 15 is 0 Å². The Labute approximate surface area is 151 Å². The van der Waals surface area contributed by atoms with Crippen molar-refractivity contribution in [3.8, 4) is 0 Å². The summed E-state index contributed by atoms with van der Waals surface area (Å²) in [6.07, 6.45) is 0.945. The maximum Gasteiger partial charge on any atom is 0.472 e. The number of nitrogens with two attached hydrogens (primary N) is 1. The van der Waals surface area contributed by atoms with Crippen molar-refractivity contribution in [3.05, 3.63) is 22.2 Å². The van der Waals surface area contributed by atoms with E-state index in [9.17, 15) is 14.3 Å². The van der Waals surface area contributed by atoms with Gasteiger partial charge in [-0.2, -0.15) is 4.98 Å². The number of rotatable bonds is 7. The Hall–Kier alpha value is -1.29. The number of phosphoric ester groups is 1. The lowest BCUT2D eigenvalue weighted by Crippen LogP contribution is -2.53. The van der Waals surface area contributed by atoms with Crippen LogP contribution in [0.3, 0.4) is 0 Å².